The van der Waals surface area contributed by atoms with E-state index in [1.54, 1.807) is 6.92 Å². The summed E-state index contributed by atoms with van der Waals surface area (Å²) < 4.78 is 37.3. The molecule has 0 fully saturated rings. The van der Waals surface area contributed by atoms with Crippen molar-refractivity contribution < 1.29 is 23.1 Å². The quantitative estimate of drug-likeness (QED) is 0.838. The SMILES string of the molecule is CCc1csc(C(=O)O)c1C(F)(F)F. The highest BCUT2D eigenvalue weighted by Gasteiger charge is 2.38. The van der Waals surface area contributed by atoms with Crippen LogP contribution in [-0.2, 0) is 12.6 Å². The Morgan fingerprint density at radius 3 is 2.50 bits per heavy atom. The minimum absolute atomic E-state index is 0.0416. The molecule has 1 N–H and O–H groups in total. The van der Waals surface area contributed by atoms with Gasteiger partial charge < -0.3 is 5.11 Å². The van der Waals surface area contributed by atoms with Gasteiger partial charge in [0.05, 0.1) is 5.56 Å². The van der Waals surface area contributed by atoms with Crippen LogP contribution in [0.3, 0.4) is 0 Å². The molecule has 0 aliphatic carbocycles. The number of carboxylic acids is 1. The normalized spacial score (nSPS) is 11.7. The van der Waals surface area contributed by atoms with Gasteiger partial charge in [0, 0.05) is 0 Å². The van der Waals surface area contributed by atoms with Gasteiger partial charge in [-0.25, -0.2) is 4.79 Å². The highest BCUT2D eigenvalue weighted by molar-refractivity contribution is 7.12. The van der Waals surface area contributed by atoms with Crippen LogP contribution < -0.4 is 0 Å². The van der Waals surface area contributed by atoms with E-state index in [9.17, 15) is 18.0 Å². The van der Waals surface area contributed by atoms with Crippen LogP contribution in [-0.4, -0.2) is 11.1 Å². The number of thiophene rings is 1. The molecule has 78 valence electrons. The van der Waals surface area contributed by atoms with Crippen LogP contribution in [0.15, 0.2) is 5.38 Å². The summed E-state index contributed by atoms with van der Waals surface area (Å²) in [6.45, 7) is 1.56. The summed E-state index contributed by atoms with van der Waals surface area (Å²) in [6.07, 6.45) is -4.41. The Balaban J connectivity index is 3.34. The summed E-state index contributed by atoms with van der Waals surface area (Å²) in [7, 11) is 0. The van der Waals surface area contributed by atoms with E-state index in [0.29, 0.717) is 11.3 Å². The Bertz CT molecular complexity index is 354. The van der Waals surface area contributed by atoms with Crippen LogP contribution in [0.5, 0.6) is 0 Å². The molecule has 0 aliphatic heterocycles. The third-order valence-corrected chi connectivity index (χ3v) is 2.74. The van der Waals surface area contributed by atoms with Crippen LogP contribution in [0.4, 0.5) is 13.2 Å². The van der Waals surface area contributed by atoms with E-state index in [1.165, 1.54) is 5.38 Å². The zero-order valence-corrected chi connectivity index (χ0v) is 8.00. The van der Waals surface area contributed by atoms with Crippen molar-refractivity contribution in [3.05, 3.63) is 21.4 Å². The van der Waals surface area contributed by atoms with Gasteiger partial charge >= 0.3 is 12.1 Å². The lowest BCUT2D eigenvalue weighted by molar-refractivity contribution is -0.138. The largest absolute Gasteiger partial charge is 0.477 e. The molecular formula is C8H7F3O2S. The Labute approximate surface area is 82.0 Å². The average Bonchev–Trinajstić information content (AvgIpc) is 2.45. The maximum Gasteiger partial charge on any atom is 0.418 e. The molecule has 1 rings (SSSR count). The van der Waals surface area contributed by atoms with Gasteiger partial charge in [-0.05, 0) is 17.4 Å². The highest BCUT2D eigenvalue weighted by atomic mass is 32.1. The molecule has 0 amide bonds. The summed E-state index contributed by atoms with van der Waals surface area (Å²) in [5.74, 6) is -1.53. The highest BCUT2D eigenvalue weighted by Crippen LogP contribution is 2.38. The second kappa shape index (κ2) is 3.61. The fourth-order valence-corrected chi connectivity index (χ4v) is 2.13. The zero-order chi connectivity index (χ0) is 10.9. The number of aryl methyl sites for hydroxylation is 1. The molecule has 0 bridgehead atoms. The topological polar surface area (TPSA) is 37.3 Å². The number of hydrogen-bond donors (Lipinski definition) is 1. The number of halogens is 3. The molecule has 0 saturated carbocycles. The van der Waals surface area contributed by atoms with Crippen molar-refractivity contribution >= 4 is 17.3 Å². The fraction of sp³-hybridized carbons (Fsp3) is 0.375. The molecule has 0 unspecified atom stereocenters. The zero-order valence-electron chi connectivity index (χ0n) is 7.18. The van der Waals surface area contributed by atoms with Gasteiger partial charge in [-0.1, -0.05) is 6.92 Å². The molecule has 2 nitrogen and oxygen atoms in total. The summed E-state index contributed by atoms with van der Waals surface area (Å²) in [5.41, 5.74) is -0.961. The van der Waals surface area contributed by atoms with Crippen LogP contribution in [0.2, 0.25) is 0 Å². The first-order valence-electron chi connectivity index (χ1n) is 3.78. The van der Waals surface area contributed by atoms with Crippen molar-refractivity contribution in [2.45, 2.75) is 19.5 Å². The van der Waals surface area contributed by atoms with E-state index >= 15 is 0 Å². The lowest BCUT2D eigenvalue weighted by Crippen LogP contribution is -2.12. The Morgan fingerprint density at radius 2 is 2.14 bits per heavy atom. The van der Waals surface area contributed by atoms with Crippen molar-refractivity contribution in [1.29, 1.82) is 0 Å². The standard InChI is InChI=1S/C8H7F3O2S/c1-2-4-3-14-6(7(12)13)5(4)8(9,10)11/h3H,2H2,1H3,(H,12,13). The first-order valence-corrected chi connectivity index (χ1v) is 4.66. The predicted octanol–water partition coefficient (Wildman–Crippen LogP) is 3.03. The summed E-state index contributed by atoms with van der Waals surface area (Å²) >= 11 is 0.616. The molecule has 0 radical (unpaired) electrons. The third-order valence-electron chi connectivity index (χ3n) is 1.73. The number of rotatable bonds is 2. The average molecular weight is 224 g/mol. The fourth-order valence-electron chi connectivity index (χ4n) is 1.12. The maximum absolute atomic E-state index is 12.4. The molecule has 0 atom stereocenters. The van der Waals surface area contributed by atoms with E-state index in [4.69, 9.17) is 5.11 Å². The van der Waals surface area contributed by atoms with Crippen molar-refractivity contribution in [3.63, 3.8) is 0 Å². The first kappa shape index (κ1) is 11.0. The second-order valence-electron chi connectivity index (χ2n) is 2.62. The Hall–Kier alpha value is -1.04. The first-order chi connectivity index (χ1) is 6.38. The van der Waals surface area contributed by atoms with Gasteiger partial charge in [-0.3, -0.25) is 0 Å². The molecular weight excluding hydrogens is 217 g/mol. The van der Waals surface area contributed by atoms with Crippen molar-refractivity contribution in [2.24, 2.45) is 0 Å². The smallest absolute Gasteiger partial charge is 0.418 e. The molecule has 0 saturated heterocycles. The van der Waals surface area contributed by atoms with Gasteiger partial charge in [0.2, 0.25) is 0 Å². The molecule has 6 heteroatoms. The van der Waals surface area contributed by atoms with Crippen molar-refractivity contribution in [3.8, 4) is 0 Å². The summed E-state index contributed by atoms with van der Waals surface area (Å²) in [6, 6.07) is 0. The van der Waals surface area contributed by atoms with Gasteiger partial charge in [0.25, 0.3) is 0 Å². The second-order valence-corrected chi connectivity index (χ2v) is 3.50. The van der Waals surface area contributed by atoms with Gasteiger partial charge in [0.15, 0.2) is 0 Å². The molecule has 0 aromatic carbocycles. The van der Waals surface area contributed by atoms with Crippen molar-refractivity contribution in [1.82, 2.24) is 0 Å². The molecule has 14 heavy (non-hydrogen) atoms. The van der Waals surface area contributed by atoms with Crippen LogP contribution in [0.25, 0.3) is 0 Å². The lowest BCUT2D eigenvalue weighted by Gasteiger charge is -2.08. The maximum atomic E-state index is 12.4. The Kier molecular flexibility index (Phi) is 2.84. The lowest BCUT2D eigenvalue weighted by atomic mass is 10.1. The van der Waals surface area contributed by atoms with Gasteiger partial charge in [0.1, 0.15) is 4.88 Å². The minimum Gasteiger partial charge on any atom is -0.477 e. The van der Waals surface area contributed by atoms with Crippen LogP contribution >= 0.6 is 11.3 Å². The number of alkyl halides is 3. The monoisotopic (exact) mass is 224 g/mol. The number of carboxylic acid groups (broad SMARTS) is 1. The third kappa shape index (κ3) is 1.89. The van der Waals surface area contributed by atoms with E-state index < -0.39 is 22.6 Å². The molecule has 0 aliphatic rings. The minimum atomic E-state index is -4.58. The van der Waals surface area contributed by atoms with Crippen LogP contribution in [0.1, 0.15) is 27.7 Å². The Morgan fingerprint density at radius 1 is 1.57 bits per heavy atom. The van der Waals surface area contributed by atoms with E-state index in [0.717, 1.165) is 0 Å². The number of aromatic carboxylic acids is 1. The van der Waals surface area contributed by atoms with Crippen molar-refractivity contribution in [2.75, 3.05) is 0 Å². The molecule has 0 spiro atoms. The van der Waals surface area contributed by atoms with Gasteiger partial charge in [-0.2, -0.15) is 13.2 Å². The van der Waals surface area contributed by atoms with E-state index in [1.807, 2.05) is 0 Å². The molecule has 1 heterocycles. The van der Waals surface area contributed by atoms with E-state index in [2.05, 4.69) is 0 Å². The van der Waals surface area contributed by atoms with E-state index in [-0.39, 0.29) is 12.0 Å². The predicted molar refractivity (Wildman–Crippen MR) is 45.7 cm³/mol. The summed E-state index contributed by atoms with van der Waals surface area (Å²) in [4.78, 5) is 9.88. The summed E-state index contributed by atoms with van der Waals surface area (Å²) in [5, 5.41) is 9.79. The number of hydrogen-bond acceptors (Lipinski definition) is 2. The van der Waals surface area contributed by atoms with Crippen LogP contribution in [0, 0.1) is 0 Å². The number of carbonyl (C=O) groups is 1. The molecule has 1 aromatic rings. The molecule has 1 aromatic heterocycles. The van der Waals surface area contributed by atoms with Gasteiger partial charge in [-0.15, -0.1) is 11.3 Å².